The van der Waals surface area contributed by atoms with Crippen molar-refractivity contribution in [1.29, 1.82) is 0 Å². The highest BCUT2D eigenvalue weighted by atomic mass is 35.5. The lowest BCUT2D eigenvalue weighted by atomic mass is 10.3. The molecule has 0 aromatic heterocycles. The lowest BCUT2D eigenvalue weighted by molar-refractivity contribution is -0.128. The van der Waals surface area contributed by atoms with Crippen LogP contribution in [0, 0.1) is 5.82 Å². The van der Waals surface area contributed by atoms with Crippen molar-refractivity contribution in [2.24, 2.45) is 0 Å². The van der Waals surface area contributed by atoms with Crippen molar-refractivity contribution in [3.05, 3.63) is 29.0 Å². The Labute approximate surface area is 121 Å². The van der Waals surface area contributed by atoms with Crippen LogP contribution < -0.4 is 4.72 Å². The minimum atomic E-state index is -3.93. The van der Waals surface area contributed by atoms with Gasteiger partial charge in [-0.2, -0.15) is 0 Å². The number of hydrogen-bond donors (Lipinski definition) is 1. The van der Waals surface area contributed by atoms with E-state index >= 15 is 0 Å². The zero-order chi connectivity index (χ0) is 14.8. The first-order valence-electron chi connectivity index (χ1n) is 6.12. The van der Waals surface area contributed by atoms with E-state index in [0.717, 1.165) is 31.0 Å². The van der Waals surface area contributed by atoms with E-state index in [4.69, 9.17) is 11.6 Å². The number of likely N-dealkylation sites (tertiary alicyclic amines) is 1. The Balaban J connectivity index is 2.05. The summed E-state index contributed by atoms with van der Waals surface area (Å²) in [5.41, 5.74) is 0. The summed E-state index contributed by atoms with van der Waals surface area (Å²) in [7, 11) is -3.93. The van der Waals surface area contributed by atoms with Crippen LogP contribution in [0.3, 0.4) is 0 Å². The van der Waals surface area contributed by atoms with Crippen molar-refractivity contribution >= 4 is 27.5 Å². The Hall–Kier alpha value is -1.18. The highest BCUT2D eigenvalue weighted by Gasteiger charge is 2.22. The Morgan fingerprint density at radius 3 is 2.60 bits per heavy atom. The summed E-state index contributed by atoms with van der Waals surface area (Å²) in [5.74, 6) is -0.897. The largest absolute Gasteiger partial charge is 0.342 e. The smallest absolute Gasteiger partial charge is 0.242 e. The van der Waals surface area contributed by atoms with E-state index in [0.29, 0.717) is 13.1 Å². The zero-order valence-electron chi connectivity index (χ0n) is 10.6. The number of hydrogen-bond acceptors (Lipinski definition) is 3. The van der Waals surface area contributed by atoms with Gasteiger partial charge in [0.15, 0.2) is 0 Å². The molecule has 0 aliphatic carbocycles. The van der Waals surface area contributed by atoms with Crippen LogP contribution >= 0.6 is 11.6 Å². The fourth-order valence-electron chi connectivity index (χ4n) is 2.01. The first-order chi connectivity index (χ1) is 9.40. The molecule has 1 aliphatic rings. The van der Waals surface area contributed by atoms with Gasteiger partial charge in [-0.1, -0.05) is 11.6 Å². The lowest BCUT2D eigenvalue weighted by Gasteiger charge is -2.15. The Morgan fingerprint density at radius 2 is 2.00 bits per heavy atom. The molecule has 110 valence electrons. The lowest BCUT2D eigenvalue weighted by Crippen LogP contribution is -2.38. The normalized spacial score (nSPS) is 15.6. The Bertz CT molecular complexity index is 615. The van der Waals surface area contributed by atoms with Crippen LogP contribution in [-0.4, -0.2) is 38.9 Å². The van der Waals surface area contributed by atoms with Crippen LogP contribution in [0.4, 0.5) is 4.39 Å². The number of rotatable bonds is 4. The molecule has 0 atom stereocenters. The van der Waals surface area contributed by atoms with Crippen molar-refractivity contribution in [3.8, 4) is 0 Å². The first kappa shape index (κ1) is 15.2. The van der Waals surface area contributed by atoms with E-state index in [1.54, 1.807) is 4.90 Å². The molecule has 1 heterocycles. The first-order valence-corrected chi connectivity index (χ1v) is 7.99. The highest BCUT2D eigenvalue weighted by molar-refractivity contribution is 7.89. The highest BCUT2D eigenvalue weighted by Crippen LogP contribution is 2.21. The van der Waals surface area contributed by atoms with Crippen LogP contribution in [0.15, 0.2) is 23.1 Å². The number of halogens is 2. The molecular weight excluding hydrogens is 307 g/mol. The van der Waals surface area contributed by atoms with Crippen molar-refractivity contribution in [1.82, 2.24) is 9.62 Å². The van der Waals surface area contributed by atoms with Gasteiger partial charge in [-0.3, -0.25) is 4.79 Å². The molecule has 1 aromatic rings. The van der Waals surface area contributed by atoms with Gasteiger partial charge in [0.05, 0.1) is 11.6 Å². The second-order valence-corrected chi connectivity index (χ2v) is 6.63. The van der Waals surface area contributed by atoms with E-state index < -0.39 is 15.8 Å². The third-order valence-electron chi connectivity index (χ3n) is 3.06. The molecule has 0 radical (unpaired) electrons. The third kappa shape index (κ3) is 3.47. The van der Waals surface area contributed by atoms with Crippen molar-refractivity contribution in [3.63, 3.8) is 0 Å². The molecule has 5 nitrogen and oxygen atoms in total. The number of nitrogens with one attached hydrogen (secondary N) is 1. The van der Waals surface area contributed by atoms with Gasteiger partial charge >= 0.3 is 0 Å². The van der Waals surface area contributed by atoms with E-state index in [9.17, 15) is 17.6 Å². The molecule has 1 N–H and O–H groups in total. The predicted molar refractivity (Wildman–Crippen MR) is 72.4 cm³/mol. The number of carbonyl (C=O) groups excluding carboxylic acids is 1. The molecule has 1 aliphatic heterocycles. The van der Waals surface area contributed by atoms with Gasteiger partial charge in [0.1, 0.15) is 10.7 Å². The SMILES string of the molecule is O=C(CNS(=O)(=O)c1ccc(F)cc1Cl)N1CCCC1. The van der Waals surface area contributed by atoms with E-state index in [1.165, 1.54) is 0 Å². The zero-order valence-corrected chi connectivity index (χ0v) is 12.2. The Morgan fingerprint density at radius 1 is 1.35 bits per heavy atom. The molecule has 1 fully saturated rings. The van der Waals surface area contributed by atoms with E-state index in [1.807, 2.05) is 0 Å². The molecule has 1 saturated heterocycles. The van der Waals surface area contributed by atoms with Gasteiger partial charge in [-0.05, 0) is 31.0 Å². The maximum Gasteiger partial charge on any atom is 0.242 e. The van der Waals surface area contributed by atoms with Gasteiger partial charge < -0.3 is 4.90 Å². The molecule has 2 rings (SSSR count). The standard InChI is InChI=1S/C12H14ClFN2O3S/c13-10-7-9(14)3-4-11(10)20(18,19)15-8-12(17)16-5-1-2-6-16/h3-4,7,15H,1-2,5-6,8H2. The molecule has 0 spiro atoms. The summed E-state index contributed by atoms with van der Waals surface area (Å²) in [6, 6.07) is 2.99. The summed E-state index contributed by atoms with van der Waals surface area (Å²) in [5, 5.41) is -0.217. The number of amides is 1. The van der Waals surface area contributed by atoms with E-state index in [2.05, 4.69) is 4.72 Å². The van der Waals surface area contributed by atoms with Gasteiger partial charge in [0.25, 0.3) is 0 Å². The van der Waals surface area contributed by atoms with Gasteiger partial charge in [-0.25, -0.2) is 17.5 Å². The summed E-state index contributed by atoms with van der Waals surface area (Å²) < 4.78 is 39.1. The molecular formula is C12H14ClFN2O3S. The number of sulfonamides is 1. The molecule has 1 amide bonds. The van der Waals surface area contributed by atoms with E-state index in [-0.39, 0.29) is 22.4 Å². The monoisotopic (exact) mass is 320 g/mol. The maximum absolute atomic E-state index is 12.9. The van der Waals surface area contributed by atoms with Gasteiger partial charge in [0.2, 0.25) is 15.9 Å². The fraction of sp³-hybridized carbons (Fsp3) is 0.417. The molecule has 20 heavy (non-hydrogen) atoms. The summed E-state index contributed by atoms with van der Waals surface area (Å²) in [4.78, 5) is 13.1. The second-order valence-electron chi connectivity index (χ2n) is 4.49. The molecule has 0 saturated carbocycles. The molecule has 1 aromatic carbocycles. The maximum atomic E-state index is 12.9. The van der Waals surface area contributed by atoms with Crippen LogP contribution in [0.5, 0.6) is 0 Å². The summed E-state index contributed by atoms with van der Waals surface area (Å²) >= 11 is 5.70. The van der Waals surface area contributed by atoms with Crippen molar-refractivity contribution in [2.45, 2.75) is 17.7 Å². The fourth-order valence-corrected chi connectivity index (χ4v) is 3.51. The van der Waals surface area contributed by atoms with Crippen molar-refractivity contribution < 1.29 is 17.6 Å². The molecule has 0 bridgehead atoms. The van der Waals surface area contributed by atoms with Crippen LogP contribution in [0.2, 0.25) is 5.02 Å². The summed E-state index contributed by atoms with van der Waals surface area (Å²) in [6.45, 7) is 0.978. The second kappa shape index (κ2) is 6.07. The number of benzene rings is 1. The quantitative estimate of drug-likeness (QED) is 0.911. The van der Waals surface area contributed by atoms with Crippen molar-refractivity contribution in [2.75, 3.05) is 19.6 Å². The third-order valence-corrected chi connectivity index (χ3v) is 4.94. The average Bonchev–Trinajstić information content (AvgIpc) is 2.89. The minimum absolute atomic E-state index is 0.217. The molecule has 0 unspecified atom stereocenters. The average molecular weight is 321 g/mol. The van der Waals surface area contributed by atoms with Crippen LogP contribution in [-0.2, 0) is 14.8 Å². The van der Waals surface area contributed by atoms with Gasteiger partial charge in [0, 0.05) is 13.1 Å². The number of carbonyl (C=O) groups is 1. The summed E-state index contributed by atoms with van der Waals surface area (Å²) in [6.07, 6.45) is 1.87. The topological polar surface area (TPSA) is 66.5 Å². The molecule has 8 heteroatoms. The van der Waals surface area contributed by atoms with Crippen LogP contribution in [0.1, 0.15) is 12.8 Å². The van der Waals surface area contributed by atoms with Gasteiger partial charge in [-0.15, -0.1) is 0 Å². The predicted octanol–water partition coefficient (Wildman–Crippen LogP) is 1.38. The Kier molecular flexibility index (Phi) is 4.62. The number of nitrogens with zero attached hydrogens (tertiary/aromatic N) is 1. The minimum Gasteiger partial charge on any atom is -0.342 e. The van der Waals surface area contributed by atoms with Crippen LogP contribution in [0.25, 0.3) is 0 Å².